The molecule has 0 aliphatic heterocycles. The number of pyridine rings is 1. The smallest absolute Gasteiger partial charge is 0.338 e. The lowest BCUT2D eigenvalue weighted by Gasteiger charge is -2.06. The molecule has 0 aliphatic rings. The average Bonchev–Trinajstić information content (AvgIpc) is 2.46. The van der Waals surface area contributed by atoms with Crippen LogP contribution >= 0.6 is 0 Å². The van der Waals surface area contributed by atoms with Crippen molar-refractivity contribution in [2.24, 2.45) is 0 Å². The van der Waals surface area contributed by atoms with Gasteiger partial charge in [0.15, 0.2) is 9.84 Å². The second-order valence-electron chi connectivity index (χ2n) is 4.34. The molecule has 110 valence electrons. The predicted octanol–water partition coefficient (Wildman–Crippen LogP) is 1.94. The van der Waals surface area contributed by atoms with Crippen LogP contribution in [0.1, 0.15) is 16.1 Å². The van der Waals surface area contributed by atoms with Gasteiger partial charge in [-0.3, -0.25) is 4.98 Å². The van der Waals surface area contributed by atoms with Crippen molar-refractivity contribution < 1.29 is 22.7 Å². The van der Waals surface area contributed by atoms with E-state index >= 15 is 0 Å². The summed E-state index contributed by atoms with van der Waals surface area (Å²) >= 11 is 0. The number of aromatic carboxylic acids is 1. The third kappa shape index (κ3) is 3.63. The van der Waals surface area contributed by atoms with E-state index < -0.39 is 27.2 Å². The van der Waals surface area contributed by atoms with Gasteiger partial charge in [-0.25, -0.2) is 17.6 Å². The monoisotopic (exact) mass is 309 g/mol. The van der Waals surface area contributed by atoms with Gasteiger partial charge in [0.2, 0.25) is 0 Å². The third-order valence-electron chi connectivity index (χ3n) is 2.88. The molecular weight excluding hydrogens is 297 g/mol. The van der Waals surface area contributed by atoms with Gasteiger partial charge < -0.3 is 5.11 Å². The summed E-state index contributed by atoms with van der Waals surface area (Å²) in [7, 11) is -3.70. The zero-order chi connectivity index (χ0) is 15.5. The molecule has 1 heterocycles. The molecule has 1 aromatic carbocycles. The molecule has 2 rings (SSSR count). The summed E-state index contributed by atoms with van der Waals surface area (Å²) in [5, 5.41) is 8.82. The number of carboxylic acid groups (broad SMARTS) is 1. The Morgan fingerprint density at radius 3 is 2.62 bits per heavy atom. The largest absolute Gasteiger partial charge is 0.478 e. The number of carbonyl (C=O) groups is 1. The third-order valence-corrected chi connectivity index (χ3v) is 4.59. The number of sulfone groups is 1. The standard InChI is InChI=1S/C14H12FNO4S/c15-13-5-4-11(9-12(13)14(17)18)21(19,20)8-6-10-3-1-2-7-16-10/h1-5,7,9H,6,8H2,(H,17,18). The first kappa shape index (κ1) is 15.1. The first-order valence-electron chi connectivity index (χ1n) is 6.05. The molecule has 0 atom stereocenters. The molecule has 0 saturated heterocycles. The molecule has 0 bridgehead atoms. The lowest BCUT2D eigenvalue weighted by molar-refractivity contribution is 0.0691. The van der Waals surface area contributed by atoms with E-state index in [9.17, 15) is 17.6 Å². The number of hydrogen-bond acceptors (Lipinski definition) is 4. The maximum atomic E-state index is 13.3. The van der Waals surface area contributed by atoms with Crippen LogP contribution in [0, 0.1) is 5.82 Å². The molecule has 0 amide bonds. The topological polar surface area (TPSA) is 84.3 Å². The van der Waals surface area contributed by atoms with E-state index in [0.29, 0.717) is 5.69 Å². The fourth-order valence-corrected chi connectivity index (χ4v) is 3.05. The van der Waals surface area contributed by atoms with Gasteiger partial charge in [-0.2, -0.15) is 0 Å². The summed E-state index contributed by atoms with van der Waals surface area (Å²) < 4.78 is 37.6. The summed E-state index contributed by atoms with van der Waals surface area (Å²) in [5.41, 5.74) is -0.0458. The lowest BCUT2D eigenvalue weighted by Crippen LogP contribution is -2.11. The zero-order valence-corrected chi connectivity index (χ0v) is 11.7. The van der Waals surface area contributed by atoms with Crippen molar-refractivity contribution in [3.05, 3.63) is 59.7 Å². The first-order valence-corrected chi connectivity index (χ1v) is 7.71. The van der Waals surface area contributed by atoms with E-state index in [4.69, 9.17) is 5.11 Å². The Bertz CT molecular complexity index is 760. The number of aryl methyl sites for hydroxylation is 1. The molecule has 21 heavy (non-hydrogen) atoms. The Hall–Kier alpha value is -2.28. The number of aromatic nitrogens is 1. The van der Waals surface area contributed by atoms with Crippen LogP contribution in [0.25, 0.3) is 0 Å². The average molecular weight is 309 g/mol. The predicted molar refractivity (Wildman–Crippen MR) is 73.4 cm³/mol. The summed E-state index contributed by atoms with van der Waals surface area (Å²) in [4.78, 5) is 14.6. The van der Waals surface area contributed by atoms with Crippen LogP contribution in [0.4, 0.5) is 4.39 Å². The molecule has 0 radical (unpaired) electrons. The van der Waals surface area contributed by atoms with Gasteiger partial charge in [0.1, 0.15) is 5.82 Å². The lowest BCUT2D eigenvalue weighted by atomic mass is 10.2. The Labute approximate surface area is 121 Å². The van der Waals surface area contributed by atoms with Gasteiger partial charge in [-0.05, 0) is 30.3 Å². The van der Waals surface area contributed by atoms with Crippen LogP contribution in [-0.2, 0) is 16.3 Å². The fourth-order valence-electron chi connectivity index (χ4n) is 1.76. The van der Waals surface area contributed by atoms with Crippen LogP contribution in [0.3, 0.4) is 0 Å². The Morgan fingerprint density at radius 2 is 2.00 bits per heavy atom. The molecule has 1 N–H and O–H groups in total. The highest BCUT2D eigenvalue weighted by Gasteiger charge is 2.19. The molecule has 0 fully saturated rings. The van der Waals surface area contributed by atoms with Gasteiger partial charge in [0, 0.05) is 18.3 Å². The van der Waals surface area contributed by atoms with Crippen molar-refractivity contribution >= 4 is 15.8 Å². The molecule has 1 aromatic heterocycles. The fraction of sp³-hybridized carbons (Fsp3) is 0.143. The van der Waals surface area contributed by atoms with Crippen LogP contribution < -0.4 is 0 Å². The minimum absolute atomic E-state index is 0.197. The quantitative estimate of drug-likeness (QED) is 0.853. The summed E-state index contributed by atoms with van der Waals surface area (Å²) in [6.45, 7) is 0. The van der Waals surface area contributed by atoms with Crippen molar-refractivity contribution in [1.29, 1.82) is 0 Å². The van der Waals surface area contributed by atoms with E-state index in [0.717, 1.165) is 18.2 Å². The number of rotatable bonds is 5. The van der Waals surface area contributed by atoms with Crippen LogP contribution in [0.15, 0.2) is 47.5 Å². The van der Waals surface area contributed by atoms with Crippen molar-refractivity contribution in [2.75, 3.05) is 5.75 Å². The maximum absolute atomic E-state index is 13.3. The number of benzene rings is 1. The van der Waals surface area contributed by atoms with Gasteiger partial charge >= 0.3 is 5.97 Å². The molecule has 0 aliphatic carbocycles. The Kier molecular flexibility index (Phi) is 4.32. The molecule has 7 heteroatoms. The van der Waals surface area contributed by atoms with Crippen LogP contribution in [0.5, 0.6) is 0 Å². The molecule has 0 saturated carbocycles. The molecular formula is C14H12FNO4S. The molecule has 0 spiro atoms. The highest BCUT2D eigenvalue weighted by atomic mass is 32.2. The summed E-state index contributed by atoms with van der Waals surface area (Å²) in [6, 6.07) is 7.91. The Morgan fingerprint density at radius 1 is 1.24 bits per heavy atom. The number of nitrogens with zero attached hydrogens (tertiary/aromatic N) is 1. The molecule has 2 aromatic rings. The highest BCUT2D eigenvalue weighted by molar-refractivity contribution is 7.91. The minimum atomic E-state index is -3.70. The summed E-state index contributed by atoms with van der Waals surface area (Å²) in [6.07, 6.45) is 1.76. The minimum Gasteiger partial charge on any atom is -0.478 e. The van der Waals surface area contributed by atoms with Gasteiger partial charge in [-0.15, -0.1) is 0 Å². The number of halogens is 1. The second kappa shape index (κ2) is 6.01. The first-order chi connectivity index (χ1) is 9.90. The molecule has 5 nitrogen and oxygen atoms in total. The van der Waals surface area contributed by atoms with Gasteiger partial charge in [0.25, 0.3) is 0 Å². The van der Waals surface area contributed by atoms with Crippen LogP contribution in [0.2, 0.25) is 0 Å². The zero-order valence-electron chi connectivity index (χ0n) is 10.9. The van der Waals surface area contributed by atoms with Crippen LogP contribution in [-0.4, -0.2) is 30.2 Å². The number of hydrogen-bond donors (Lipinski definition) is 1. The highest BCUT2D eigenvalue weighted by Crippen LogP contribution is 2.17. The SMILES string of the molecule is O=C(O)c1cc(S(=O)(=O)CCc2ccccn2)ccc1F. The van der Waals surface area contributed by atoms with Crippen molar-refractivity contribution in [1.82, 2.24) is 4.98 Å². The van der Waals surface area contributed by atoms with E-state index in [2.05, 4.69) is 4.98 Å². The van der Waals surface area contributed by atoms with Crippen molar-refractivity contribution in [3.8, 4) is 0 Å². The summed E-state index contributed by atoms with van der Waals surface area (Å²) in [5.74, 6) is -2.70. The maximum Gasteiger partial charge on any atom is 0.338 e. The van der Waals surface area contributed by atoms with Crippen molar-refractivity contribution in [2.45, 2.75) is 11.3 Å². The molecule has 0 unspecified atom stereocenters. The van der Waals surface area contributed by atoms with Crippen molar-refractivity contribution in [3.63, 3.8) is 0 Å². The normalized spacial score (nSPS) is 11.3. The van der Waals surface area contributed by atoms with E-state index in [1.807, 2.05) is 0 Å². The second-order valence-corrected chi connectivity index (χ2v) is 6.45. The van der Waals surface area contributed by atoms with E-state index in [1.165, 1.54) is 0 Å². The van der Waals surface area contributed by atoms with E-state index in [-0.39, 0.29) is 17.1 Å². The van der Waals surface area contributed by atoms with Gasteiger partial charge in [-0.1, -0.05) is 6.07 Å². The van der Waals surface area contributed by atoms with Gasteiger partial charge in [0.05, 0.1) is 16.2 Å². The Balaban J connectivity index is 2.24. The number of carboxylic acids is 1. The van der Waals surface area contributed by atoms with E-state index in [1.54, 1.807) is 24.4 Å².